The van der Waals surface area contributed by atoms with Crippen LogP contribution in [0.4, 0.5) is 0 Å². The molecule has 104 valence electrons. The Bertz CT molecular complexity index is 261. The zero-order valence-electron chi connectivity index (χ0n) is 12.2. The third-order valence-electron chi connectivity index (χ3n) is 3.81. The van der Waals surface area contributed by atoms with Gasteiger partial charge in [-0.15, -0.1) is 0 Å². The second-order valence-corrected chi connectivity index (χ2v) is 5.24. The van der Waals surface area contributed by atoms with Crippen LogP contribution in [0.15, 0.2) is 0 Å². The van der Waals surface area contributed by atoms with Gasteiger partial charge in [-0.3, -0.25) is 4.90 Å². The normalized spacial score (nSPS) is 24.4. The Labute approximate surface area is 112 Å². The summed E-state index contributed by atoms with van der Waals surface area (Å²) in [6.07, 6.45) is 3.37. The largest absolute Gasteiger partial charge is 0.305 e. The molecule has 1 N–H and O–H groups in total. The first-order valence-corrected chi connectivity index (χ1v) is 7.26. The van der Waals surface area contributed by atoms with Gasteiger partial charge in [0, 0.05) is 19.1 Å². The number of likely N-dealkylation sites (N-methyl/N-ethyl adjacent to an activating group) is 1. The van der Waals surface area contributed by atoms with Crippen LogP contribution in [0.1, 0.15) is 33.1 Å². The van der Waals surface area contributed by atoms with Gasteiger partial charge < -0.3 is 10.2 Å². The SMILES string of the molecule is CCNC(C#N)CCN1CCCN(C)CC1CC. The van der Waals surface area contributed by atoms with Crippen molar-refractivity contribution in [3.8, 4) is 6.07 Å². The minimum absolute atomic E-state index is 0.00786. The van der Waals surface area contributed by atoms with E-state index in [4.69, 9.17) is 5.26 Å². The number of nitrogens with one attached hydrogen (secondary N) is 1. The van der Waals surface area contributed by atoms with Crippen molar-refractivity contribution in [1.82, 2.24) is 15.1 Å². The molecule has 0 radical (unpaired) electrons. The predicted molar refractivity (Wildman–Crippen MR) is 75.5 cm³/mol. The lowest BCUT2D eigenvalue weighted by Gasteiger charge is -2.30. The molecule has 0 saturated carbocycles. The van der Waals surface area contributed by atoms with Gasteiger partial charge in [-0.05, 0) is 45.9 Å². The van der Waals surface area contributed by atoms with Crippen molar-refractivity contribution in [2.45, 2.75) is 45.2 Å². The van der Waals surface area contributed by atoms with Gasteiger partial charge in [0.15, 0.2) is 0 Å². The number of hydrogen-bond acceptors (Lipinski definition) is 4. The maximum atomic E-state index is 9.07. The van der Waals surface area contributed by atoms with Gasteiger partial charge >= 0.3 is 0 Å². The van der Waals surface area contributed by atoms with Crippen LogP contribution in [0, 0.1) is 11.3 Å². The van der Waals surface area contributed by atoms with Crippen LogP contribution < -0.4 is 5.32 Å². The smallest absolute Gasteiger partial charge is 0.0965 e. The summed E-state index contributed by atoms with van der Waals surface area (Å²) >= 11 is 0. The minimum Gasteiger partial charge on any atom is -0.305 e. The third-order valence-corrected chi connectivity index (χ3v) is 3.81. The summed E-state index contributed by atoms with van der Waals surface area (Å²) in [5.74, 6) is 0. The molecule has 0 aromatic rings. The van der Waals surface area contributed by atoms with Crippen molar-refractivity contribution in [2.75, 3.05) is 39.8 Å². The van der Waals surface area contributed by atoms with E-state index in [1.54, 1.807) is 0 Å². The summed E-state index contributed by atoms with van der Waals surface area (Å²) in [5, 5.41) is 12.3. The Balaban J connectivity index is 2.45. The average molecular weight is 252 g/mol. The molecule has 1 saturated heterocycles. The lowest BCUT2D eigenvalue weighted by molar-refractivity contribution is 0.178. The van der Waals surface area contributed by atoms with E-state index in [-0.39, 0.29) is 6.04 Å². The molecule has 0 bridgehead atoms. The van der Waals surface area contributed by atoms with Crippen molar-refractivity contribution in [3.63, 3.8) is 0 Å². The van der Waals surface area contributed by atoms with Gasteiger partial charge in [-0.1, -0.05) is 13.8 Å². The average Bonchev–Trinajstić information content (AvgIpc) is 2.55. The fraction of sp³-hybridized carbons (Fsp3) is 0.929. The zero-order chi connectivity index (χ0) is 13.4. The Morgan fingerprint density at radius 2 is 2.17 bits per heavy atom. The fourth-order valence-corrected chi connectivity index (χ4v) is 2.73. The molecule has 4 nitrogen and oxygen atoms in total. The summed E-state index contributed by atoms with van der Waals surface area (Å²) in [4.78, 5) is 5.01. The molecule has 1 rings (SSSR count). The summed E-state index contributed by atoms with van der Waals surface area (Å²) in [5.41, 5.74) is 0. The molecule has 0 amide bonds. The van der Waals surface area contributed by atoms with E-state index in [1.165, 1.54) is 25.9 Å². The molecule has 0 aromatic heterocycles. The Morgan fingerprint density at radius 1 is 1.39 bits per heavy atom. The van der Waals surface area contributed by atoms with E-state index in [9.17, 15) is 0 Å². The highest BCUT2D eigenvalue weighted by atomic mass is 15.2. The van der Waals surface area contributed by atoms with E-state index >= 15 is 0 Å². The second kappa shape index (κ2) is 8.47. The maximum absolute atomic E-state index is 9.07. The highest BCUT2D eigenvalue weighted by Crippen LogP contribution is 2.12. The molecule has 18 heavy (non-hydrogen) atoms. The molecule has 0 spiro atoms. The highest BCUT2D eigenvalue weighted by molar-refractivity contribution is 4.90. The molecular weight excluding hydrogens is 224 g/mol. The van der Waals surface area contributed by atoms with Gasteiger partial charge in [-0.2, -0.15) is 5.26 Å². The van der Waals surface area contributed by atoms with Crippen LogP contribution in [0.5, 0.6) is 0 Å². The molecule has 0 aromatic carbocycles. The van der Waals surface area contributed by atoms with Crippen LogP contribution in [0.3, 0.4) is 0 Å². The van der Waals surface area contributed by atoms with Gasteiger partial charge in [0.25, 0.3) is 0 Å². The summed E-state index contributed by atoms with van der Waals surface area (Å²) in [6, 6.07) is 3.01. The van der Waals surface area contributed by atoms with Crippen LogP contribution in [-0.2, 0) is 0 Å². The van der Waals surface area contributed by atoms with Gasteiger partial charge in [0.2, 0.25) is 0 Å². The zero-order valence-corrected chi connectivity index (χ0v) is 12.2. The van der Waals surface area contributed by atoms with Crippen molar-refractivity contribution in [1.29, 1.82) is 5.26 Å². The first kappa shape index (κ1) is 15.4. The van der Waals surface area contributed by atoms with E-state index in [1.807, 2.05) is 0 Å². The van der Waals surface area contributed by atoms with Gasteiger partial charge in [0.05, 0.1) is 12.1 Å². The molecule has 2 atom stereocenters. The molecule has 0 aliphatic carbocycles. The topological polar surface area (TPSA) is 42.3 Å². The van der Waals surface area contributed by atoms with Crippen LogP contribution in [-0.4, -0.2) is 61.7 Å². The monoisotopic (exact) mass is 252 g/mol. The minimum atomic E-state index is 0.00786. The number of nitrogens with zero attached hydrogens (tertiary/aromatic N) is 3. The Morgan fingerprint density at radius 3 is 2.78 bits per heavy atom. The van der Waals surface area contributed by atoms with E-state index < -0.39 is 0 Å². The first-order chi connectivity index (χ1) is 8.71. The molecule has 1 aliphatic heterocycles. The first-order valence-electron chi connectivity index (χ1n) is 7.26. The Hall–Kier alpha value is -0.630. The van der Waals surface area contributed by atoms with E-state index in [0.717, 1.165) is 26.1 Å². The van der Waals surface area contributed by atoms with Crippen molar-refractivity contribution >= 4 is 0 Å². The standard InChI is InChI=1S/C14H28N4/c1-4-14-12-17(3)8-6-9-18(14)10-7-13(11-15)16-5-2/h13-14,16H,4-10,12H2,1-3H3. The molecule has 4 heteroatoms. The molecule has 2 unspecified atom stereocenters. The fourth-order valence-electron chi connectivity index (χ4n) is 2.73. The van der Waals surface area contributed by atoms with E-state index in [0.29, 0.717) is 6.04 Å². The van der Waals surface area contributed by atoms with Crippen molar-refractivity contribution in [2.24, 2.45) is 0 Å². The molecule has 1 aliphatic rings. The van der Waals surface area contributed by atoms with Crippen LogP contribution in [0.25, 0.3) is 0 Å². The summed E-state index contributed by atoms with van der Waals surface area (Å²) in [6.45, 7) is 9.77. The number of rotatable bonds is 6. The van der Waals surface area contributed by atoms with Crippen molar-refractivity contribution in [3.05, 3.63) is 0 Å². The summed E-state index contributed by atoms with van der Waals surface area (Å²) < 4.78 is 0. The van der Waals surface area contributed by atoms with Crippen LogP contribution >= 0.6 is 0 Å². The lowest BCUT2D eigenvalue weighted by Crippen LogP contribution is -2.42. The quantitative estimate of drug-likeness (QED) is 0.773. The number of hydrogen-bond donors (Lipinski definition) is 1. The molecular formula is C14H28N4. The van der Waals surface area contributed by atoms with Crippen molar-refractivity contribution < 1.29 is 0 Å². The maximum Gasteiger partial charge on any atom is 0.0965 e. The Kier molecular flexibility index (Phi) is 7.26. The van der Waals surface area contributed by atoms with Crippen LogP contribution in [0.2, 0.25) is 0 Å². The van der Waals surface area contributed by atoms with Gasteiger partial charge in [0.1, 0.15) is 0 Å². The predicted octanol–water partition coefficient (Wildman–Crippen LogP) is 1.29. The van der Waals surface area contributed by atoms with Gasteiger partial charge in [-0.25, -0.2) is 0 Å². The molecule has 1 heterocycles. The molecule has 1 fully saturated rings. The van der Waals surface area contributed by atoms with E-state index in [2.05, 4.69) is 42.1 Å². The summed E-state index contributed by atoms with van der Waals surface area (Å²) in [7, 11) is 2.21. The third kappa shape index (κ3) is 4.93. The second-order valence-electron chi connectivity index (χ2n) is 5.24. The number of nitriles is 1. The lowest BCUT2D eigenvalue weighted by atomic mass is 10.1. The highest BCUT2D eigenvalue weighted by Gasteiger charge is 2.22.